The average Bonchev–Trinajstić information content (AvgIpc) is 3.49. The van der Waals surface area contributed by atoms with E-state index in [1.165, 1.54) is 29.2 Å². The minimum atomic E-state index is -4.19. The van der Waals surface area contributed by atoms with E-state index in [-0.39, 0.29) is 23.4 Å². The van der Waals surface area contributed by atoms with Crippen LogP contribution in [0.1, 0.15) is 57.1 Å². The molecule has 10 heteroatoms. The van der Waals surface area contributed by atoms with Crippen molar-refractivity contribution >= 4 is 39.1 Å². The van der Waals surface area contributed by atoms with Gasteiger partial charge in [-0.15, -0.1) is 0 Å². The van der Waals surface area contributed by atoms with E-state index in [9.17, 15) is 18.0 Å². The van der Waals surface area contributed by atoms with Gasteiger partial charge in [0.15, 0.2) is 0 Å². The number of hydrogen-bond donors (Lipinski definition) is 1. The Labute approximate surface area is 260 Å². The van der Waals surface area contributed by atoms with Crippen molar-refractivity contribution in [3.8, 4) is 5.75 Å². The highest BCUT2D eigenvalue weighted by Gasteiger charge is 2.34. The fourth-order valence-electron chi connectivity index (χ4n) is 5.43. The number of anilines is 1. The fourth-order valence-corrected chi connectivity index (χ4v) is 6.97. The average molecular weight is 626 g/mol. The lowest BCUT2D eigenvalue weighted by Crippen LogP contribution is -2.53. The summed E-state index contributed by atoms with van der Waals surface area (Å²) < 4.78 is 34.7. The van der Waals surface area contributed by atoms with Gasteiger partial charge in [0.2, 0.25) is 11.8 Å². The highest BCUT2D eigenvalue weighted by molar-refractivity contribution is 7.92. The van der Waals surface area contributed by atoms with Crippen LogP contribution in [0, 0.1) is 6.92 Å². The van der Waals surface area contributed by atoms with Crippen molar-refractivity contribution in [3.63, 3.8) is 0 Å². The molecule has 1 unspecified atom stereocenters. The number of nitrogens with one attached hydrogen (secondary N) is 1. The molecule has 8 nitrogen and oxygen atoms in total. The van der Waals surface area contributed by atoms with Gasteiger partial charge in [0.05, 0.1) is 17.2 Å². The summed E-state index contributed by atoms with van der Waals surface area (Å²) in [7, 11) is -4.19. The molecule has 0 bridgehead atoms. The molecular formula is C33H40ClN3O5S. The van der Waals surface area contributed by atoms with Gasteiger partial charge in [0.1, 0.15) is 18.3 Å². The number of amides is 2. The number of nitrogens with zero attached hydrogens (tertiary/aromatic N) is 2. The molecule has 4 rings (SSSR count). The Balaban J connectivity index is 1.71. The number of ether oxygens (including phenoxy) is 1. The van der Waals surface area contributed by atoms with Gasteiger partial charge in [0, 0.05) is 17.6 Å². The lowest BCUT2D eigenvalue weighted by molar-refractivity contribution is -0.140. The van der Waals surface area contributed by atoms with Crippen molar-refractivity contribution in [3.05, 3.63) is 88.9 Å². The molecule has 2 amide bonds. The monoisotopic (exact) mass is 625 g/mol. The zero-order valence-corrected chi connectivity index (χ0v) is 26.5. The van der Waals surface area contributed by atoms with Crippen molar-refractivity contribution in [2.75, 3.05) is 17.5 Å². The predicted molar refractivity (Wildman–Crippen MR) is 170 cm³/mol. The van der Waals surface area contributed by atoms with E-state index in [1.54, 1.807) is 24.3 Å². The van der Waals surface area contributed by atoms with E-state index in [0.717, 1.165) is 41.1 Å². The van der Waals surface area contributed by atoms with Crippen molar-refractivity contribution < 1.29 is 22.7 Å². The Morgan fingerprint density at radius 3 is 2.28 bits per heavy atom. The summed E-state index contributed by atoms with van der Waals surface area (Å²) in [6.45, 7) is 5.81. The number of carbonyl (C=O) groups excluding carboxylic acids is 2. The second kappa shape index (κ2) is 14.8. The first-order valence-corrected chi connectivity index (χ1v) is 16.6. The first kappa shape index (κ1) is 32.4. The summed E-state index contributed by atoms with van der Waals surface area (Å²) in [4.78, 5) is 29.3. The Bertz CT molecular complexity index is 1490. The lowest BCUT2D eigenvalue weighted by atomic mass is 10.1. The van der Waals surface area contributed by atoms with E-state index in [2.05, 4.69) is 5.32 Å². The first-order chi connectivity index (χ1) is 20.6. The molecule has 1 N–H and O–H groups in total. The minimum absolute atomic E-state index is 0.00478. The van der Waals surface area contributed by atoms with Gasteiger partial charge in [-0.05, 0) is 87.2 Å². The summed E-state index contributed by atoms with van der Waals surface area (Å²) in [5.41, 5.74) is 2.18. The lowest BCUT2D eigenvalue weighted by Gasteiger charge is -2.34. The molecule has 0 aromatic heterocycles. The fraction of sp³-hybridized carbons (Fsp3) is 0.394. The topological polar surface area (TPSA) is 96.0 Å². The zero-order chi connectivity index (χ0) is 31.0. The maximum atomic E-state index is 14.3. The van der Waals surface area contributed by atoms with Gasteiger partial charge in [-0.3, -0.25) is 13.9 Å². The molecule has 1 atom stereocenters. The van der Waals surface area contributed by atoms with Crippen LogP contribution >= 0.6 is 11.6 Å². The van der Waals surface area contributed by atoms with Crippen LogP contribution in [0.25, 0.3) is 0 Å². The zero-order valence-electron chi connectivity index (χ0n) is 25.0. The normalized spacial score (nSPS) is 14.2. The summed E-state index contributed by atoms with van der Waals surface area (Å²) >= 11 is 6.04. The van der Waals surface area contributed by atoms with Crippen LogP contribution < -0.4 is 14.4 Å². The van der Waals surface area contributed by atoms with Gasteiger partial charge in [-0.1, -0.05) is 61.2 Å². The highest BCUT2D eigenvalue weighted by atomic mass is 35.5. The van der Waals surface area contributed by atoms with E-state index < -0.39 is 28.5 Å². The number of carbonyl (C=O) groups is 2. The molecule has 0 radical (unpaired) electrons. The number of hydrogen-bond acceptors (Lipinski definition) is 5. The van der Waals surface area contributed by atoms with Gasteiger partial charge < -0.3 is 15.0 Å². The summed E-state index contributed by atoms with van der Waals surface area (Å²) in [6.07, 6.45) is 4.33. The summed E-state index contributed by atoms with van der Waals surface area (Å²) in [5.74, 6) is -0.123. The molecule has 1 aliphatic rings. The maximum Gasteiger partial charge on any atom is 0.264 e. The van der Waals surface area contributed by atoms with Gasteiger partial charge in [-0.2, -0.15) is 0 Å². The van der Waals surface area contributed by atoms with Crippen molar-refractivity contribution in [1.29, 1.82) is 0 Å². The molecule has 1 aliphatic carbocycles. The maximum absolute atomic E-state index is 14.3. The number of aryl methyl sites for hydroxylation is 1. The number of rotatable bonds is 13. The van der Waals surface area contributed by atoms with E-state index in [0.29, 0.717) is 29.5 Å². The van der Waals surface area contributed by atoms with Crippen molar-refractivity contribution in [2.45, 2.75) is 76.4 Å². The largest absolute Gasteiger partial charge is 0.494 e. The molecule has 0 heterocycles. The van der Waals surface area contributed by atoms with E-state index in [4.69, 9.17) is 16.3 Å². The molecule has 0 spiro atoms. The van der Waals surface area contributed by atoms with Crippen LogP contribution in [0.15, 0.2) is 77.7 Å². The second-order valence-electron chi connectivity index (χ2n) is 10.8. The Morgan fingerprint density at radius 2 is 1.67 bits per heavy atom. The molecule has 43 heavy (non-hydrogen) atoms. The molecule has 0 saturated heterocycles. The second-order valence-corrected chi connectivity index (χ2v) is 13.1. The third-order valence-electron chi connectivity index (χ3n) is 7.64. The van der Waals surface area contributed by atoms with Crippen LogP contribution in [0.2, 0.25) is 5.02 Å². The van der Waals surface area contributed by atoms with Gasteiger partial charge in [-0.25, -0.2) is 8.42 Å². The minimum Gasteiger partial charge on any atom is -0.494 e. The van der Waals surface area contributed by atoms with Crippen LogP contribution in [0.3, 0.4) is 0 Å². The van der Waals surface area contributed by atoms with Gasteiger partial charge >= 0.3 is 0 Å². The van der Waals surface area contributed by atoms with Crippen LogP contribution in [0.5, 0.6) is 5.75 Å². The number of benzene rings is 3. The number of halogens is 1. The van der Waals surface area contributed by atoms with Crippen LogP contribution in [-0.2, 0) is 26.2 Å². The van der Waals surface area contributed by atoms with Crippen LogP contribution in [-0.4, -0.2) is 50.4 Å². The molecule has 1 saturated carbocycles. The highest BCUT2D eigenvalue weighted by Crippen LogP contribution is 2.28. The molecule has 3 aromatic carbocycles. The molecule has 230 valence electrons. The summed E-state index contributed by atoms with van der Waals surface area (Å²) in [6, 6.07) is 19.4. The molecule has 0 aliphatic heterocycles. The third kappa shape index (κ3) is 8.30. The SMILES string of the molecule is CCOc1ccc(N(CC(=O)N(Cc2cccc(C)c2)C(CC)C(=O)NC2CCCC2)S(=O)(=O)c2ccc(Cl)cc2)cc1. The quantitative estimate of drug-likeness (QED) is 0.247. The smallest absolute Gasteiger partial charge is 0.264 e. The van der Waals surface area contributed by atoms with E-state index >= 15 is 0 Å². The molecule has 1 fully saturated rings. The molecule has 3 aromatic rings. The Kier molecular flexibility index (Phi) is 11.1. The molecular weight excluding hydrogens is 586 g/mol. The van der Waals surface area contributed by atoms with Gasteiger partial charge in [0.25, 0.3) is 10.0 Å². The predicted octanol–water partition coefficient (Wildman–Crippen LogP) is 6.11. The van der Waals surface area contributed by atoms with E-state index in [1.807, 2.05) is 45.0 Å². The Hall–Kier alpha value is -3.56. The van der Waals surface area contributed by atoms with Crippen LogP contribution in [0.4, 0.5) is 5.69 Å². The number of sulfonamides is 1. The first-order valence-electron chi connectivity index (χ1n) is 14.8. The third-order valence-corrected chi connectivity index (χ3v) is 9.68. The summed E-state index contributed by atoms with van der Waals surface area (Å²) in [5, 5.41) is 3.53. The van der Waals surface area contributed by atoms with Crippen molar-refractivity contribution in [1.82, 2.24) is 10.2 Å². The standard InChI is InChI=1S/C33H40ClN3O5S/c1-4-31(33(39)35-27-11-6-7-12-27)36(22-25-10-8-9-24(3)21-25)32(38)23-37(28-15-17-29(18-16-28)42-5-2)43(40,41)30-19-13-26(34)14-20-30/h8-10,13-21,27,31H,4-7,11-12,22-23H2,1-3H3,(H,35,39). The Morgan fingerprint density at radius 1 is 1.00 bits per heavy atom. The van der Waals surface area contributed by atoms with Crippen molar-refractivity contribution in [2.24, 2.45) is 0 Å².